The second kappa shape index (κ2) is 7.71. The van der Waals surface area contributed by atoms with Crippen LogP contribution in [0.4, 0.5) is 0 Å². The van der Waals surface area contributed by atoms with Gasteiger partial charge >= 0.3 is 0 Å². The molecule has 1 aliphatic heterocycles. The highest BCUT2D eigenvalue weighted by Crippen LogP contribution is 2.11. The fraction of sp³-hybridized carbons (Fsp3) is 0.750. The number of aryl methyl sites for hydroxylation is 2. The van der Waals surface area contributed by atoms with E-state index < -0.39 is 0 Å². The molecule has 118 valence electrons. The van der Waals surface area contributed by atoms with Crippen molar-refractivity contribution in [3.63, 3.8) is 0 Å². The third-order valence-electron chi connectivity index (χ3n) is 4.27. The summed E-state index contributed by atoms with van der Waals surface area (Å²) >= 11 is 0. The first kappa shape index (κ1) is 16.2. The van der Waals surface area contributed by atoms with Gasteiger partial charge in [0.15, 0.2) is 0 Å². The fourth-order valence-electron chi connectivity index (χ4n) is 3.15. The van der Waals surface area contributed by atoms with Gasteiger partial charge in [0.05, 0.1) is 5.56 Å². The summed E-state index contributed by atoms with van der Waals surface area (Å²) < 4.78 is 0. The Hall–Kier alpha value is -1.20. The average molecular weight is 292 g/mol. The number of aromatic nitrogens is 2. The molecule has 2 heterocycles. The van der Waals surface area contributed by atoms with Crippen LogP contribution in [0.3, 0.4) is 0 Å². The van der Waals surface area contributed by atoms with Gasteiger partial charge in [0.2, 0.25) is 0 Å². The molecule has 1 saturated heterocycles. The number of likely N-dealkylation sites (tertiary alicyclic amines) is 1. The highest BCUT2D eigenvalue weighted by molar-refractivity contribution is 5.19. The van der Waals surface area contributed by atoms with E-state index in [-0.39, 0.29) is 11.6 Å². The van der Waals surface area contributed by atoms with E-state index in [2.05, 4.69) is 20.2 Å². The smallest absolute Gasteiger partial charge is 0.255 e. The second-order valence-corrected chi connectivity index (χ2v) is 6.08. The van der Waals surface area contributed by atoms with E-state index >= 15 is 0 Å². The maximum atomic E-state index is 12.1. The summed E-state index contributed by atoms with van der Waals surface area (Å²) in [6.45, 7) is 10.1. The molecule has 1 fully saturated rings. The summed E-state index contributed by atoms with van der Waals surface area (Å²) in [6, 6.07) is 0.0360. The molecule has 5 heteroatoms. The van der Waals surface area contributed by atoms with Crippen molar-refractivity contribution in [1.29, 1.82) is 0 Å². The first-order valence-electron chi connectivity index (χ1n) is 8.11. The van der Waals surface area contributed by atoms with Crippen LogP contribution < -0.4 is 10.9 Å². The predicted octanol–water partition coefficient (Wildman–Crippen LogP) is 1.91. The number of nitrogens with one attached hydrogen (secondary N) is 2. The summed E-state index contributed by atoms with van der Waals surface area (Å²) in [4.78, 5) is 21.7. The molecule has 1 aliphatic rings. The molecule has 0 saturated carbocycles. The molecule has 1 atom stereocenters. The van der Waals surface area contributed by atoms with Crippen molar-refractivity contribution in [1.82, 2.24) is 20.2 Å². The lowest BCUT2D eigenvalue weighted by Gasteiger charge is -2.22. The lowest BCUT2D eigenvalue weighted by atomic mass is 10.1. The van der Waals surface area contributed by atoms with Gasteiger partial charge in [0, 0.05) is 24.8 Å². The van der Waals surface area contributed by atoms with Crippen molar-refractivity contribution in [3.05, 3.63) is 27.4 Å². The molecule has 2 N–H and O–H groups in total. The Morgan fingerprint density at radius 2 is 1.90 bits per heavy atom. The summed E-state index contributed by atoms with van der Waals surface area (Å²) in [5.41, 5.74) is 1.57. The zero-order chi connectivity index (χ0) is 15.2. The third kappa shape index (κ3) is 4.64. The van der Waals surface area contributed by atoms with E-state index in [0.29, 0.717) is 5.82 Å². The molecule has 1 aromatic rings. The van der Waals surface area contributed by atoms with E-state index in [1.807, 2.05) is 20.8 Å². The molecular weight excluding hydrogens is 264 g/mol. The summed E-state index contributed by atoms with van der Waals surface area (Å²) in [5.74, 6) is 0.679. The topological polar surface area (TPSA) is 61.0 Å². The van der Waals surface area contributed by atoms with E-state index in [1.54, 1.807) is 0 Å². The van der Waals surface area contributed by atoms with Crippen molar-refractivity contribution in [2.45, 2.75) is 52.5 Å². The van der Waals surface area contributed by atoms with Crippen LogP contribution in [0.15, 0.2) is 4.79 Å². The Labute approximate surface area is 127 Å². The first-order valence-corrected chi connectivity index (χ1v) is 8.11. The Morgan fingerprint density at radius 1 is 1.24 bits per heavy atom. The molecule has 5 nitrogen and oxygen atoms in total. The van der Waals surface area contributed by atoms with Gasteiger partial charge in [-0.2, -0.15) is 0 Å². The fourth-order valence-corrected chi connectivity index (χ4v) is 3.15. The van der Waals surface area contributed by atoms with Crippen LogP contribution in [-0.2, 0) is 0 Å². The van der Waals surface area contributed by atoms with Crippen molar-refractivity contribution < 1.29 is 0 Å². The number of aromatic amines is 1. The molecule has 1 aromatic heterocycles. The molecule has 0 spiro atoms. The van der Waals surface area contributed by atoms with Gasteiger partial charge < -0.3 is 15.2 Å². The monoisotopic (exact) mass is 292 g/mol. The van der Waals surface area contributed by atoms with Crippen molar-refractivity contribution in [3.8, 4) is 0 Å². The van der Waals surface area contributed by atoms with Crippen LogP contribution in [0.25, 0.3) is 0 Å². The average Bonchev–Trinajstić information content (AvgIpc) is 2.66. The highest BCUT2D eigenvalue weighted by Gasteiger charge is 2.15. The van der Waals surface area contributed by atoms with E-state index in [0.717, 1.165) is 24.3 Å². The minimum atomic E-state index is -0.0187. The molecule has 0 amide bonds. The van der Waals surface area contributed by atoms with Gasteiger partial charge in [-0.05, 0) is 46.7 Å². The quantitative estimate of drug-likeness (QED) is 0.870. The number of hydrogen-bond acceptors (Lipinski definition) is 4. The van der Waals surface area contributed by atoms with E-state index in [1.165, 1.54) is 38.8 Å². The SMILES string of the molecule is Cc1nc(C)c(C(C)NCCN2CCCCCC2)c(=O)[nH]1. The normalized spacial score (nSPS) is 18.4. The Bertz CT molecular complexity index is 503. The van der Waals surface area contributed by atoms with Gasteiger partial charge in [-0.1, -0.05) is 12.8 Å². The zero-order valence-corrected chi connectivity index (χ0v) is 13.5. The molecule has 0 aliphatic carbocycles. The Kier molecular flexibility index (Phi) is 5.94. The second-order valence-electron chi connectivity index (χ2n) is 6.08. The number of nitrogens with zero attached hydrogens (tertiary/aromatic N) is 2. The van der Waals surface area contributed by atoms with Gasteiger partial charge in [-0.3, -0.25) is 4.79 Å². The van der Waals surface area contributed by atoms with Crippen LogP contribution in [0.2, 0.25) is 0 Å². The maximum Gasteiger partial charge on any atom is 0.255 e. The van der Waals surface area contributed by atoms with Crippen molar-refractivity contribution >= 4 is 0 Å². The van der Waals surface area contributed by atoms with Gasteiger partial charge in [-0.15, -0.1) is 0 Å². The van der Waals surface area contributed by atoms with Crippen molar-refractivity contribution in [2.24, 2.45) is 0 Å². The third-order valence-corrected chi connectivity index (χ3v) is 4.27. The Morgan fingerprint density at radius 3 is 2.52 bits per heavy atom. The molecule has 2 rings (SSSR count). The summed E-state index contributed by atoms with van der Waals surface area (Å²) in [7, 11) is 0. The number of H-pyrrole nitrogens is 1. The van der Waals surface area contributed by atoms with Crippen molar-refractivity contribution in [2.75, 3.05) is 26.2 Å². The van der Waals surface area contributed by atoms with Crippen LogP contribution in [-0.4, -0.2) is 41.0 Å². The number of hydrogen-bond donors (Lipinski definition) is 2. The molecule has 0 bridgehead atoms. The molecular formula is C16H28N4O. The van der Waals surface area contributed by atoms with Crippen LogP contribution in [0, 0.1) is 13.8 Å². The largest absolute Gasteiger partial charge is 0.310 e. The van der Waals surface area contributed by atoms with E-state index in [9.17, 15) is 4.79 Å². The first-order chi connectivity index (χ1) is 10.1. The predicted molar refractivity (Wildman–Crippen MR) is 85.7 cm³/mol. The summed E-state index contributed by atoms with van der Waals surface area (Å²) in [6.07, 6.45) is 5.36. The minimum Gasteiger partial charge on any atom is -0.310 e. The standard InChI is InChI=1S/C16H28N4O/c1-12(15-13(2)18-14(3)19-16(15)21)17-8-11-20-9-6-4-5-7-10-20/h12,17H,4-11H2,1-3H3,(H,18,19,21). The van der Waals surface area contributed by atoms with Gasteiger partial charge in [0.1, 0.15) is 5.82 Å². The molecule has 1 unspecified atom stereocenters. The lowest BCUT2D eigenvalue weighted by molar-refractivity contribution is 0.280. The molecule has 0 radical (unpaired) electrons. The molecule has 21 heavy (non-hydrogen) atoms. The lowest BCUT2D eigenvalue weighted by Crippen LogP contribution is -2.35. The van der Waals surface area contributed by atoms with Gasteiger partial charge in [-0.25, -0.2) is 4.98 Å². The van der Waals surface area contributed by atoms with Crippen LogP contribution in [0.5, 0.6) is 0 Å². The van der Waals surface area contributed by atoms with Crippen LogP contribution >= 0.6 is 0 Å². The zero-order valence-electron chi connectivity index (χ0n) is 13.5. The maximum absolute atomic E-state index is 12.1. The van der Waals surface area contributed by atoms with E-state index in [4.69, 9.17) is 0 Å². The van der Waals surface area contributed by atoms with Gasteiger partial charge in [0.25, 0.3) is 5.56 Å². The van der Waals surface area contributed by atoms with Crippen LogP contribution in [0.1, 0.15) is 55.7 Å². The molecule has 0 aromatic carbocycles. The Balaban J connectivity index is 1.87. The minimum absolute atomic E-state index is 0.0187. The number of rotatable bonds is 5. The highest BCUT2D eigenvalue weighted by atomic mass is 16.1. The summed E-state index contributed by atoms with van der Waals surface area (Å²) in [5, 5.41) is 3.47.